The van der Waals surface area contributed by atoms with Crippen molar-refractivity contribution in [3.8, 4) is 5.88 Å². The highest BCUT2D eigenvalue weighted by atomic mass is 79.9. The molecule has 1 aliphatic heterocycles. The van der Waals surface area contributed by atoms with Gasteiger partial charge in [0.2, 0.25) is 5.88 Å². The monoisotopic (exact) mass is 638 g/mol. The second kappa shape index (κ2) is 13.2. The smallest absolute Gasteiger partial charge is 0.217 e. The molecule has 0 aliphatic carbocycles. The van der Waals surface area contributed by atoms with Crippen LogP contribution in [0.1, 0.15) is 68.1 Å². The van der Waals surface area contributed by atoms with Gasteiger partial charge in [-0.3, -0.25) is 0 Å². The van der Waals surface area contributed by atoms with E-state index in [0.29, 0.717) is 15.9 Å². The van der Waals surface area contributed by atoms with Crippen molar-refractivity contribution in [2.45, 2.75) is 56.8 Å². The van der Waals surface area contributed by atoms with E-state index in [1.807, 2.05) is 24.3 Å². The van der Waals surface area contributed by atoms with Crippen molar-refractivity contribution in [3.63, 3.8) is 0 Å². The van der Waals surface area contributed by atoms with Crippen molar-refractivity contribution in [2.75, 3.05) is 26.7 Å². The summed E-state index contributed by atoms with van der Waals surface area (Å²) in [5.41, 5.74) is 4.09. The topological polar surface area (TPSA) is 25.4 Å². The molecule has 2 atom stereocenters. The molecule has 2 heterocycles. The van der Waals surface area contributed by atoms with Gasteiger partial charge in [0.15, 0.2) is 0 Å². The van der Waals surface area contributed by atoms with Crippen LogP contribution in [0, 0.1) is 0 Å². The number of methoxy groups -OCH3 is 1. The van der Waals surface area contributed by atoms with E-state index in [9.17, 15) is 0 Å². The van der Waals surface area contributed by atoms with E-state index < -0.39 is 0 Å². The summed E-state index contributed by atoms with van der Waals surface area (Å²) < 4.78 is 7.01. The molecule has 4 aromatic rings. The van der Waals surface area contributed by atoms with Gasteiger partial charge in [0.25, 0.3) is 0 Å². The predicted molar refractivity (Wildman–Crippen MR) is 172 cm³/mol. The molecule has 2 unspecified atom stereocenters. The number of rotatable bonds is 10. The summed E-state index contributed by atoms with van der Waals surface area (Å²) in [5.74, 6) is 0.576. The fourth-order valence-electron chi connectivity index (χ4n) is 6.38. The van der Waals surface area contributed by atoms with Crippen LogP contribution in [0.2, 0.25) is 10.0 Å². The van der Waals surface area contributed by atoms with Crippen LogP contribution >= 0.6 is 39.1 Å². The van der Waals surface area contributed by atoms with Crippen LogP contribution in [0.3, 0.4) is 0 Å². The van der Waals surface area contributed by atoms with Gasteiger partial charge in [-0.05, 0) is 92.8 Å². The third kappa shape index (κ3) is 6.51. The van der Waals surface area contributed by atoms with E-state index in [1.54, 1.807) is 7.11 Å². The first-order chi connectivity index (χ1) is 19.4. The summed E-state index contributed by atoms with van der Waals surface area (Å²) in [6.07, 6.45) is 7.32. The molecule has 5 rings (SSSR count). The summed E-state index contributed by atoms with van der Waals surface area (Å²) >= 11 is 16.7. The lowest BCUT2D eigenvalue weighted by atomic mass is 9.64. The second-order valence-electron chi connectivity index (χ2n) is 11.2. The van der Waals surface area contributed by atoms with E-state index in [0.717, 1.165) is 45.9 Å². The van der Waals surface area contributed by atoms with Gasteiger partial charge >= 0.3 is 0 Å². The Morgan fingerprint density at radius 1 is 0.925 bits per heavy atom. The Bertz CT molecular complexity index is 1440. The maximum absolute atomic E-state index is 6.65. The number of pyridine rings is 1. The second-order valence-corrected chi connectivity index (χ2v) is 12.9. The number of halogens is 3. The minimum absolute atomic E-state index is 0.0644. The zero-order valence-electron chi connectivity index (χ0n) is 23.3. The first kappa shape index (κ1) is 29.4. The predicted octanol–water partition coefficient (Wildman–Crippen LogP) is 10.1. The van der Waals surface area contributed by atoms with Crippen molar-refractivity contribution >= 4 is 50.0 Å². The van der Waals surface area contributed by atoms with Crippen LogP contribution in [-0.2, 0) is 5.41 Å². The lowest BCUT2D eigenvalue weighted by Gasteiger charge is -2.40. The molecule has 0 N–H and O–H groups in total. The molecule has 0 radical (unpaired) electrons. The standard InChI is InChI=1S/C34H37BrCl2N2O/c1-34(26-11-5-3-6-12-26,17-7-10-20-39-18-8-4-9-19-39)32(24-13-15-29(36)30(37)23-24)28-22-25-21-27(35)14-16-31(25)38-33(28)40-2/h3,5-6,11-16,21-23,32H,4,7-10,17-20H2,1-2H3. The van der Waals surface area contributed by atoms with Gasteiger partial charge in [0, 0.05) is 26.8 Å². The molecule has 0 amide bonds. The van der Waals surface area contributed by atoms with Crippen LogP contribution in [-0.4, -0.2) is 36.6 Å². The van der Waals surface area contributed by atoms with Crippen molar-refractivity contribution in [3.05, 3.63) is 104 Å². The number of likely N-dealkylation sites (tertiary alicyclic amines) is 1. The number of benzene rings is 3. The molecule has 1 aliphatic rings. The highest BCUT2D eigenvalue weighted by molar-refractivity contribution is 9.10. The molecular formula is C34H37BrCl2N2O. The van der Waals surface area contributed by atoms with Crippen molar-refractivity contribution < 1.29 is 4.74 Å². The van der Waals surface area contributed by atoms with E-state index >= 15 is 0 Å². The average molecular weight is 640 g/mol. The van der Waals surface area contributed by atoms with E-state index in [4.69, 9.17) is 32.9 Å². The molecule has 3 nitrogen and oxygen atoms in total. The van der Waals surface area contributed by atoms with E-state index in [1.165, 1.54) is 44.3 Å². The molecule has 3 aromatic carbocycles. The third-order valence-electron chi connectivity index (χ3n) is 8.49. The summed E-state index contributed by atoms with van der Waals surface area (Å²) in [6.45, 7) is 6.02. The third-order valence-corrected chi connectivity index (χ3v) is 9.72. The molecule has 40 heavy (non-hydrogen) atoms. The Morgan fingerprint density at radius 3 is 2.42 bits per heavy atom. The average Bonchev–Trinajstić information content (AvgIpc) is 2.98. The van der Waals surface area contributed by atoms with Crippen LogP contribution in [0.25, 0.3) is 10.9 Å². The molecule has 0 bridgehead atoms. The van der Waals surface area contributed by atoms with Gasteiger partial charge in [0.1, 0.15) is 0 Å². The largest absolute Gasteiger partial charge is 0.481 e. The number of ether oxygens (including phenoxy) is 1. The Labute approximate surface area is 257 Å². The molecule has 1 saturated heterocycles. The number of fused-ring (bicyclic) bond motifs is 1. The first-order valence-electron chi connectivity index (χ1n) is 14.3. The summed E-state index contributed by atoms with van der Waals surface area (Å²) in [4.78, 5) is 7.61. The van der Waals surface area contributed by atoms with Crippen LogP contribution in [0.5, 0.6) is 5.88 Å². The normalized spacial score (nSPS) is 16.5. The summed E-state index contributed by atoms with van der Waals surface area (Å²) in [6, 6.07) is 25.3. The number of piperidine rings is 1. The Hall–Kier alpha value is -2.11. The maximum atomic E-state index is 6.65. The SMILES string of the molecule is COc1nc2ccc(Br)cc2cc1C(c1ccc(Cl)c(Cl)c1)C(C)(CCCCN1CCCCC1)c1ccccc1. The minimum Gasteiger partial charge on any atom is -0.481 e. The van der Waals surface area contributed by atoms with E-state index in [2.05, 4.69) is 76.3 Å². The lowest BCUT2D eigenvalue weighted by molar-refractivity contribution is 0.220. The number of aromatic nitrogens is 1. The molecule has 1 fully saturated rings. The molecule has 1 aromatic heterocycles. The van der Waals surface area contributed by atoms with Crippen LogP contribution < -0.4 is 4.74 Å². The van der Waals surface area contributed by atoms with Gasteiger partial charge < -0.3 is 9.64 Å². The van der Waals surface area contributed by atoms with Crippen LogP contribution in [0.4, 0.5) is 0 Å². The number of hydrogen-bond acceptors (Lipinski definition) is 3. The maximum Gasteiger partial charge on any atom is 0.217 e. The number of unbranched alkanes of at least 4 members (excludes halogenated alkanes) is 1. The zero-order valence-corrected chi connectivity index (χ0v) is 26.4. The van der Waals surface area contributed by atoms with Crippen molar-refractivity contribution in [1.82, 2.24) is 9.88 Å². The Morgan fingerprint density at radius 2 is 1.70 bits per heavy atom. The molecule has 6 heteroatoms. The molecule has 0 saturated carbocycles. The fraction of sp³-hybridized carbons (Fsp3) is 0.382. The summed E-state index contributed by atoms with van der Waals surface area (Å²) in [7, 11) is 1.71. The highest BCUT2D eigenvalue weighted by Crippen LogP contribution is 2.50. The highest BCUT2D eigenvalue weighted by Gasteiger charge is 2.40. The van der Waals surface area contributed by atoms with Gasteiger partial charge in [-0.25, -0.2) is 4.98 Å². The van der Waals surface area contributed by atoms with Gasteiger partial charge in [-0.1, -0.05) is 95.3 Å². The quantitative estimate of drug-likeness (QED) is 0.161. The summed E-state index contributed by atoms with van der Waals surface area (Å²) in [5, 5.41) is 2.18. The zero-order chi connectivity index (χ0) is 28.1. The molecule has 210 valence electrons. The van der Waals surface area contributed by atoms with Gasteiger partial charge in [-0.2, -0.15) is 0 Å². The van der Waals surface area contributed by atoms with Crippen molar-refractivity contribution in [1.29, 1.82) is 0 Å². The van der Waals surface area contributed by atoms with Gasteiger partial charge in [0.05, 0.1) is 22.7 Å². The van der Waals surface area contributed by atoms with Gasteiger partial charge in [-0.15, -0.1) is 0 Å². The molecule has 0 spiro atoms. The minimum atomic E-state index is -0.255. The first-order valence-corrected chi connectivity index (χ1v) is 15.8. The molecular weight excluding hydrogens is 603 g/mol. The van der Waals surface area contributed by atoms with Crippen molar-refractivity contribution in [2.24, 2.45) is 0 Å². The number of hydrogen-bond donors (Lipinski definition) is 0. The lowest BCUT2D eigenvalue weighted by Crippen LogP contribution is -2.33. The Kier molecular flexibility index (Phi) is 9.73. The number of nitrogens with zero attached hydrogens (tertiary/aromatic N) is 2. The Balaban J connectivity index is 1.62. The fourth-order valence-corrected chi connectivity index (χ4v) is 7.07. The van der Waals surface area contributed by atoms with Crippen LogP contribution in [0.15, 0.2) is 77.3 Å². The van der Waals surface area contributed by atoms with E-state index in [-0.39, 0.29) is 11.3 Å².